The third kappa shape index (κ3) is 5.79. The summed E-state index contributed by atoms with van der Waals surface area (Å²) in [4.78, 5) is 40.5. The van der Waals surface area contributed by atoms with Crippen molar-refractivity contribution in [2.75, 3.05) is 43.2 Å². The molecule has 1 aliphatic rings. The fourth-order valence-corrected chi connectivity index (χ4v) is 3.23. The molecule has 0 atom stereocenters. The Morgan fingerprint density at radius 2 is 1.77 bits per heavy atom. The Hall–Kier alpha value is -3.46. The predicted octanol–water partition coefficient (Wildman–Crippen LogP) is 2.04. The van der Waals surface area contributed by atoms with Crippen molar-refractivity contribution in [2.45, 2.75) is 13.0 Å². The van der Waals surface area contributed by atoms with Crippen molar-refractivity contribution in [1.82, 2.24) is 10.6 Å². The van der Waals surface area contributed by atoms with E-state index in [2.05, 4.69) is 10.6 Å². The first-order chi connectivity index (χ1) is 15.0. The standard InChI is InChI=1S/C22H25FN4O4/c1-31-12-4-11-24-20(28)14-26-18-5-2-3-6-19(18)27(15-21(26)29)22(30)25-13-16-7-9-17(23)10-8-16/h2-3,5-10H,4,11-15H2,1H3,(H,24,28)(H,25,30). The maximum absolute atomic E-state index is 13.0. The van der Waals surface area contributed by atoms with Gasteiger partial charge in [0.2, 0.25) is 11.8 Å². The van der Waals surface area contributed by atoms with Crippen LogP contribution in [0.25, 0.3) is 0 Å². The number of hydrogen-bond acceptors (Lipinski definition) is 4. The number of amides is 4. The lowest BCUT2D eigenvalue weighted by molar-refractivity contribution is -0.123. The molecule has 0 aliphatic carbocycles. The van der Waals surface area contributed by atoms with E-state index in [4.69, 9.17) is 4.74 Å². The fraction of sp³-hybridized carbons (Fsp3) is 0.318. The molecule has 1 heterocycles. The highest BCUT2D eigenvalue weighted by Gasteiger charge is 2.33. The van der Waals surface area contributed by atoms with E-state index < -0.39 is 6.03 Å². The molecule has 164 valence electrons. The molecule has 0 bridgehead atoms. The molecule has 2 aromatic carbocycles. The molecule has 4 amide bonds. The summed E-state index contributed by atoms with van der Waals surface area (Å²) in [5, 5.41) is 5.51. The summed E-state index contributed by atoms with van der Waals surface area (Å²) in [6.45, 7) is 0.860. The zero-order valence-corrected chi connectivity index (χ0v) is 17.3. The number of nitrogens with one attached hydrogen (secondary N) is 2. The Bertz CT molecular complexity index is 935. The number of ether oxygens (including phenoxy) is 1. The number of carbonyl (C=O) groups is 3. The maximum Gasteiger partial charge on any atom is 0.322 e. The monoisotopic (exact) mass is 428 g/mol. The molecule has 8 nitrogen and oxygen atoms in total. The van der Waals surface area contributed by atoms with Gasteiger partial charge in [-0.15, -0.1) is 0 Å². The van der Waals surface area contributed by atoms with Crippen LogP contribution in [0.4, 0.5) is 20.6 Å². The number of anilines is 2. The van der Waals surface area contributed by atoms with Gasteiger partial charge < -0.3 is 15.4 Å². The molecule has 0 aromatic heterocycles. The zero-order valence-electron chi connectivity index (χ0n) is 17.3. The van der Waals surface area contributed by atoms with Crippen molar-refractivity contribution in [2.24, 2.45) is 0 Å². The molecule has 3 rings (SSSR count). The van der Waals surface area contributed by atoms with E-state index >= 15 is 0 Å². The van der Waals surface area contributed by atoms with Gasteiger partial charge in [-0.05, 0) is 36.2 Å². The fourth-order valence-electron chi connectivity index (χ4n) is 3.23. The van der Waals surface area contributed by atoms with E-state index in [1.54, 1.807) is 43.5 Å². The first kappa shape index (κ1) is 22.2. The summed E-state index contributed by atoms with van der Waals surface area (Å²) in [5.41, 5.74) is 1.76. The second kappa shape index (κ2) is 10.5. The summed E-state index contributed by atoms with van der Waals surface area (Å²) < 4.78 is 18.0. The van der Waals surface area contributed by atoms with E-state index in [1.807, 2.05) is 0 Å². The van der Waals surface area contributed by atoms with E-state index in [0.29, 0.717) is 30.9 Å². The van der Waals surface area contributed by atoms with Crippen LogP contribution in [-0.2, 0) is 20.9 Å². The van der Waals surface area contributed by atoms with Gasteiger partial charge in [0.25, 0.3) is 0 Å². The van der Waals surface area contributed by atoms with Crippen molar-refractivity contribution in [3.8, 4) is 0 Å². The third-order valence-electron chi connectivity index (χ3n) is 4.81. The summed E-state index contributed by atoms with van der Waals surface area (Å²) >= 11 is 0. The van der Waals surface area contributed by atoms with E-state index in [1.165, 1.54) is 21.9 Å². The predicted molar refractivity (Wildman–Crippen MR) is 114 cm³/mol. The highest BCUT2D eigenvalue weighted by Crippen LogP contribution is 2.33. The van der Waals surface area contributed by atoms with E-state index in [0.717, 1.165) is 5.56 Å². The Morgan fingerprint density at radius 1 is 1.06 bits per heavy atom. The van der Waals surface area contributed by atoms with Gasteiger partial charge >= 0.3 is 6.03 Å². The molecular weight excluding hydrogens is 403 g/mol. The molecule has 0 saturated carbocycles. The molecule has 2 N–H and O–H groups in total. The zero-order chi connectivity index (χ0) is 22.2. The van der Waals surface area contributed by atoms with Gasteiger partial charge in [0.15, 0.2) is 0 Å². The van der Waals surface area contributed by atoms with Crippen molar-refractivity contribution in [3.63, 3.8) is 0 Å². The highest BCUT2D eigenvalue weighted by molar-refractivity contribution is 6.12. The number of para-hydroxylation sites is 2. The normalized spacial score (nSPS) is 13.0. The Morgan fingerprint density at radius 3 is 2.48 bits per heavy atom. The minimum Gasteiger partial charge on any atom is -0.385 e. The number of urea groups is 1. The minimum atomic E-state index is -0.450. The van der Waals surface area contributed by atoms with Crippen LogP contribution < -0.4 is 20.4 Å². The number of fused-ring (bicyclic) bond motifs is 1. The van der Waals surface area contributed by atoms with Crippen LogP contribution in [-0.4, -0.2) is 51.2 Å². The SMILES string of the molecule is COCCCNC(=O)CN1C(=O)CN(C(=O)NCc2ccc(F)cc2)c2ccccc21. The number of benzene rings is 2. The Kier molecular flexibility index (Phi) is 7.55. The van der Waals surface area contributed by atoms with Crippen molar-refractivity contribution in [1.29, 1.82) is 0 Å². The average molecular weight is 428 g/mol. The topological polar surface area (TPSA) is 91.0 Å². The first-order valence-corrected chi connectivity index (χ1v) is 9.94. The number of hydrogen-bond donors (Lipinski definition) is 2. The quantitative estimate of drug-likeness (QED) is 0.630. The summed E-state index contributed by atoms with van der Waals surface area (Å²) in [6, 6.07) is 12.3. The van der Waals surface area contributed by atoms with Gasteiger partial charge in [0, 0.05) is 26.8 Å². The first-order valence-electron chi connectivity index (χ1n) is 9.94. The molecular formula is C22H25FN4O4. The van der Waals surface area contributed by atoms with Gasteiger partial charge in [0.1, 0.15) is 18.9 Å². The lowest BCUT2D eigenvalue weighted by Gasteiger charge is -2.35. The lowest BCUT2D eigenvalue weighted by Crippen LogP contribution is -2.53. The number of rotatable bonds is 8. The summed E-state index contributed by atoms with van der Waals surface area (Å²) in [6.07, 6.45) is 0.675. The van der Waals surface area contributed by atoms with Crippen LogP contribution >= 0.6 is 0 Å². The number of halogens is 1. The average Bonchev–Trinajstić information content (AvgIpc) is 2.78. The largest absolute Gasteiger partial charge is 0.385 e. The molecule has 9 heteroatoms. The molecule has 0 spiro atoms. The van der Waals surface area contributed by atoms with Gasteiger partial charge in [-0.1, -0.05) is 24.3 Å². The molecule has 0 fully saturated rings. The van der Waals surface area contributed by atoms with Crippen LogP contribution in [0.3, 0.4) is 0 Å². The number of carbonyl (C=O) groups excluding carboxylic acids is 3. The smallest absolute Gasteiger partial charge is 0.322 e. The second-order valence-electron chi connectivity index (χ2n) is 7.04. The van der Waals surface area contributed by atoms with Crippen LogP contribution in [0.5, 0.6) is 0 Å². The molecule has 0 radical (unpaired) electrons. The number of nitrogens with zero attached hydrogens (tertiary/aromatic N) is 2. The van der Waals surface area contributed by atoms with Crippen molar-refractivity contribution in [3.05, 3.63) is 59.9 Å². The van der Waals surface area contributed by atoms with Crippen molar-refractivity contribution >= 4 is 29.2 Å². The van der Waals surface area contributed by atoms with E-state index in [-0.39, 0.29) is 37.3 Å². The molecule has 0 saturated heterocycles. The Labute approximate surface area is 180 Å². The highest BCUT2D eigenvalue weighted by atomic mass is 19.1. The molecule has 0 unspecified atom stereocenters. The maximum atomic E-state index is 13.0. The molecule has 1 aliphatic heterocycles. The second-order valence-corrected chi connectivity index (χ2v) is 7.04. The van der Waals surface area contributed by atoms with Gasteiger partial charge in [0.05, 0.1) is 11.4 Å². The lowest BCUT2D eigenvalue weighted by atomic mass is 10.1. The van der Waals surface area contributed by atoms with Crippen LogP contribution in [0.2, 0.25) is 0 Å². The summed E-state index contributed by atoms with van der Waals surface area (Å²) in [5.74, 6) is -0.996. The van der Waals surface area contributed by atoms with Crippen LogP contribution in [0.15, 0.2) is 48.5 Å². The molecule has 2 aromatic rings. The van der Waals surface area contributed by atoms with Crippen molar-refractivity contribution < 1.29 is 23.5 Å². The van der Waals surface area contributed by atoms with Gasteiger partial charge in [-0.25, -0.2) is 9.18 Å². The third-order valence-corrected chi connectivity index (χ3v) is 4.81. The van der Waals surface area contributed by atoms with Crippen LogP contribution in [0.1, 0.15) is 12.0 Å². The Balaban J connectivity index is 1.67. The minimum absolute atomic E-state index is 0.131. The van der Waals surface area contributed by atoms with Gasteiger partial charge in [-0.2, -0.15) is 0 Å². The van der Waals surface area contributed by atoms with Gasteiger partial charge in [-0.3, -0.25) is 19.4 Å². The number of methoxy groups -OCH3 is 1. The van der Waals surface area contributed by atoms with E-state index in [9.17, 15) is 18.8 Å². The van der Waals surface area contributed by atoms with Crippen LogP contribution in [0, 0.1) is 5.82 Å². The summed E-state index contributed by atoms with van der Waals surface area (Å²) in [7, 11) is 1.59. The molecule has 31 heavy (non-hydrogen) atoms.